The third kappa shape index (κ3) is 6.03. The average molecular weight is 893 g/mol. The van der Waals surface area contributed by atoms with Crippen molar-refractivity contribution in [2.75, 3.05) is 0 Å². The summed E-state index contributed by atoms with van der Waals surface area (Å²) in [5.74, 6) is 1.98. The van der Waals surface area contributed by atoms with Gasteiger partial charge in [-0.2, -0.15) is 11.2 Å². The van der Waals surface area contributed by atoms with Crippen LogP contribution in [0.25, 0.3) is 71.9 Å². The Morgan fingerprint density at radius 2 is 1.22 bits per heavy atom. The maximum atomic E-state index is 6.65. The van der Waals surface area contributed by atoms with Crippen molar-refractivity contribution < 1.29 is 25.8 Å². The van der Waals surface area contributed by atoms with Gasteiger partial charge >= 0.3 is 21.1 Å². The fraction of sp³-hybridized carbons (Fsp3) is 0.0833. The second-order valence-corrected chi connectivity index (χ2v) is 14.7. The summed E-state index contributed by atoms with van der Waals surface area (Å²) >= 11 is 0. The van der Waals surface area contributed by atoms with Crippen LogP contribution in [0.15, 0.2) is 158 Å². The number of nitrogens with zero attached hydrogens (tertiary/aromatic N) is 5. The summed E-state index contributed by atoms with van der Waals surface area (Å²) in [6.45, 7) is 6.60. The molecule has 0 fully saturated rings. The maximum Gasteiger partial charge on any atom is 4.00 e. The molecule has 0 amide bonds. The molecule has 0 spiro atoms. The zero-order chi connectivity index (χ0) is 36.4. The average Bonchev–Trinajstić information content (AvgIpc) is 3.91. The molecule has 6 aromatic carbocycles. The Bertz CT molecular complexity index is 2970. The minimum Gasteiger partial charge on any atom is -0.509 e. The Kier molecular flexibility index (Phi) is 8.52. The summed E-state index contributed by atoms with van der Waals surface area (Å²) in [5, 5.41) is 9.35. The molecular formula is C48H35N5OPt+2. The van der Waals surface area contributed by atoms with Crippen LogP contribution in [0.2, 0.25) is 0 Å². The van der Waals surface area contributed by atoms with Gasteiger partial charge in [-0.1, -0.05) is 111 Å². The van der Waals surface area contributed by atoms with Crippen molar-refractivity contribution in [3.63, 3.8) is 0 Å². The molecule has 6 nitrogen and oxygen atoms in total. The first-order valence-electron chi connectivity index (χ1n) is 18.2. The molecule has 0 radical (unpaired) electrons. The van der Waals surface area contributed by atoms with E-state index < -0.39 is 0 Å². The molecule has 266 valence electrons. The molecule has 0 N–H and O–H groups in total. The number of para-hydroxylation sites is 3. The molecule has 0 aliphatic carbocycles. The molecule has 0 aliphatic heterocycles. The van der Waals surface area contributed by atoms with E-state index in [-0.39, 0.29) is 26.5 Å². The zero-order valence-corrected chi connectivity index (χ0v) is 32.7. The van der Waals surface area contributed by atoms with E-state index in [9.17, 15) is 0 Å². The van der Waals surface area contributed by atoms with E-state index in [1.807, 2.05) is 47.5 Å². The Labute approximate surface area is 333 Å². The van der Waals surface area contributed by atoms with Gasteiger partial charge in [-0.05, 0) is 46.3 Å². The van der Waals surface area contributed by atoms with Crippen LogP contribution >= 0.6 is 0 Å². The van der Waals surface area contributed by atoms with E-state index in [4.69, 9.17) is 14.8 Å². The van der Waals surface area contributed by atoms with Crippen molar-refractivity contribution in [3.05, 3.63) is 176 Å². The van der Waals surface area contributed by atoms with Gasteiger partial charge in [0.15, 0.2) is 0 Å². The third-order valence-corrected chi connectivity index (χ3v) is 10.2. The number of fused-ring (bicyclic) bond motifs is 6. The van der Waals surface area contributed by atoms with Gasteiger partial charge < -0.3 is 13.9 Å². The van der Waals surface area contributed by atoms with Gasteiger partial charge in [0.05, 0.1) is 22.9 Å². The van der Waals surface area contributed by atoms with E-state index in [0.29, 0.717) is 11.5 Å². The van der Waals surface area contributed by atoms with Crippen LogP contribution < -0.4 is 4.74 Å². The summed E-state index contributed by atoms with van der Waals surface area (Å²) in [6.07, 6.45) is 5.81. The first-order valence-corrected chi connectivity index (χ1v) is 18.2. The molecule has 4 aromatic heterocycles. The Morgan fingerprint density at radius 3 is 1.91 bits per heavy atom. The quantitative estimate of drug-likeness (QED) is 0.156. The van der Waals surface area contributed by atoms with Crippen molar-refractivity contribution in [2.24, 2.45) is 0 Å². The second-order valence-electron chi connectivity index (χ2n) is 14.7. The number of benzene rings is 6. The topological polar surface area (TPSA) is 49.8 Å². The number of ether oxygens (including phenoxy) is 1. The van der Waals surface area contributed by atoms with Crippen LogP contribution in [0.5, 0.6) is 11.5 Å². The van der Waals surface area contributed by atoms with Crippen molar-refractivity contribution >= 4 is 43.6 Å². The molecule has 10 aromatic rings. The van der Waals surface area contributed by atoms with Gasteiger partial charge in [-0.25, -0.2) is 4.98 Å². The summed E-state index contributed by atoms with van der Waals surface area (Å²) in [6, 6.07) is 55.5. The monoisotopic (exact) mass is 892 g/mol. The first-order chi connectivity index (χ1) is 26.4. The normalized spacial score (nSPS) is 11.8. The van der Waals surface area contributed by atoms with Crippen LogP contribution in [0, 0.1) is 12.1 Å². The number of rotatable bonds is 6. The van der Waals surface area contributed by atoms with E-state index in [1.165, 1.54) is 10.8 Å². The molecule has 0 bridgehead atoms. The largest absolute Gasteiger partial charge is 4.00 e. The molecule has 55 heavy (non-hydrogen) atoms. The van der Waals surface area contributed by atoms with Crippen molar-refractivity contribution in [3.8, 4) is 39.8 Å². The van der Waals surface area contributed by atoms with Crippen LogP contribution in [0.4, 0.5) is 0 Å². The number of hydrogen-bond donors (Lipinski definition) is 0. The molecule has 7 heteroatoms. The van der Waals surface area contributed by atoms with Gasteiger partial charge in [0.25, 0.3) is 0 Å². The smallest absolute Gasteiger partial charge is 0.509 e. The Morgan fingerprint density at radius 1 is 0.582 bits per heavy atom. The summed E-state index contributed by atoms with van der Waals surface area (Å²) in [4.78, 5) is 4.95. The van der Waals surface area contributed by atoms with E-state index in [0.717, 1.165) is 66.7 Å². The van der Waals surface area contributed by atoms with Gasteiger partial charge in [-0.3, -0.25) is 4.68 Å². The van der Waals surface area contributed by atoms with E-state index in [2.05, 4.69) is 157 Å². The maximum absolute atomic E-state index is 6.65. The van der Waals surface area contributed by atoms with Crippen LogP contribution in [0.3, 0.4) is 0 Å². The SMILES string of the molecule is CC(C)(C)c1cc(Oc2[c-]c3c(cc2)c2ccccc2n3-c2cc(-n3c4ccccc4c4ccccc43)ccn2)[c-]c(-n2cc(-c3ccccc3)cn2)c1.[Pt+4]. The van der Waals surface area contributed by atoms with Crippen molar-refractivity contribution in [2.45, 2.75) is 26.2 Å². The fourth-order valence-electron chi connectivity index (χ4n) is 7.53. The molecule has 0 saturated carbocycles. The molecule has 10 rings (SSSR count). The van der Waals surface area contributed by atoms with Crippen LogP contribution in [-0.2, 0) is 26.5 Å². The van der Waals surface area contributed by atoms with E-state index in [1.54, 1.807) is 0 Å². The van der Waals surface area contributed by atoms with Gasteiger partial charge in [-0.15, -0.1) is 41.3 Å². The van der Waals surface area contributed by atoms with Gasteiger partial charge in [0.1, 0.15) is 5.82 Å². The van der Waals surface area contributed by atoms with Gasteiger partial charge in [0.2, 0.25) is 0 Å². The summed E-state index contributed by atoms with van der Waals surface area (Å²) in [5.41, 5.74) is 9.20. The molecular weight excluding hydrogens is 858 g/mol. The zero-order valence-electron chi connectivity index (χ0n) is 30.5. The van der Waals surface area contributed by atoms with Crippen molar-refractivity contribution in [1.82, 2.24) is 23.9 Å². The minimum atomic E-state index is -0.134. The van der Waals surface area contributed by atoms with Crippen LogP contribution in [-0.4, -0.2) is 23.9 Å². The number of aromatic nitrogens is 5. The third-order valence-electron chi connectivity index (χ3n) is 10.2. The summed E-state index contributed by atoms with van der Waals surface area (Å²) < 4.78 is 13.0. The Hall–Kier alpha value is -6.23. The first kappa shape index (κ1) is 34.5. The van der Waals surface area contributed by atoms with Crippen LogP contribution in [0.1, 0.15) is 26.3 Å². The predicted molar refractivity (Wildman–Crippen MR) is 218 cm³/mol. The Balaban J connectivity index is 0.00000397. The van der Waals surface area contributed by atoms with Crippen molar-refractivity contribution in [1.29, 1.82) is 0 Å². The number of hydrogen-bond acceptors (Lipinski definition) is 3. The molecule has 0 atom stereocenters. The predicted octanol–water partition coefficient (Wildman–Crippen LogP) is 11.8. The molecule has 0 saturated heterocycles. The molecule has 0 aliphatic rings. The number of pyridine rings is 1. The molecule has 4 heterocycles. The van der Waals surface area contributed by atoms with Gasteiger partial charge in [0, 0.05) is 51.8 Å². The summed E-state index contributed by atoms with van der Waals surface area (Å²) in [7, 11) is 0. The minimum absolute atomic E-state index is 0. The van der Waals surface area contributed by atoms with E-state index >= 15 is 0 Å². The second kappa shape index (κ2) is 13.6. The fourth-order valence-corrected chi connectivity index (χ4v) is 7.53. The standard InChI is InChI=1S/C48H35N5O.Pt/c1-48(2,3)34-25-36(51-31-33(30-50-51)32-13-5-4-6-14-32)27-38(26-34)54-37-21-22-42-41-17-9-12-20-45(41)53(46(42)29-37)47-28-35(23-24-49-47)52-43-18-10-7-15-39(43)40-16-8-11-19-44(40)52;/h4-26,28,30-31H,1-3H3;/q-2;+4. The molecule has 0 unspecified atom stereocenters.